The molecule has 0 atom stereocenters. The number of nitrogens with one attached hydrogen (secondary N) is 1. The van der Waals surface area contributed by atoms with Gasteiger partial charge in [0.2, 0.25) is 0 Å². The van der Waals surface area contributed by atoms with Crippen LogP contribution in [0.2, 0.25) is 0 Å². The van der Waals surface area contributed by atoms with Crippen molar-refractivity contribution in [3.05, 3.63) is 51.0 Å². The molecule has 20 heavy (non-hydrogen) atoms. The van der Waals surface area contributed by atoms with Crippen molar-refractivity contribution in [2.75, 3.05) is 6.54 Å². The summed E-state index contributed by atoms with van der Waals surface area (Å²) in [6.45, 7) is 5.86. The van der Waals surface area contributed by atoms with Crippen molar-refractivity contribution < 1.29 is 8.78 Å². The molecule has 0 aliphatic heterocycles. The molecule has 0 aliphatic rings. The summed E-state index contributed by atoms with van der Waals surface area (Å²) in [7, 11) is 0. The quantitative estimate of drug-likeness (QED) is 0.820. The average molecular weight is 296 g/mol. The second-order valence-electron chi connectivity index (χ2n) is 4.75. The van der Waals surface area contributed by atoms with Crippen molar-refractivity contribution >= 4 is 11.3 Å². The molecule has 0 saturated heterocycles. The number of hydrogen-bond donors (Lipinski definition) is 1. The van der Waals surface area contributed by atoms with Crippen LogP contribution in [0.3, 0.4) is 0 Å². The molecule has 0 aliphatic carbocycles. The summed E-state index contributed by atoms with van der Waals surface area (Å²) in [6, 6.07) is 3.60. The van der Waals surface area contributed by atoms with Gasteiger partial charge in [0.1, 0.15) is 11.6 Å². The molecule has 0 fully saturated rings. The molecule has 1 aromatic carbocycles. The zero-order valence-electron chi connectivity index (χ0n) is 11.7. The molecule has 2 rings (SSSR count). The molecule has 0 unspecified atom stereocenters. The lowest BCUT2D eigenvalue weighted by Gasteiger charge is -2.00. The molecular formula is C15H18F2N2S. The number of hydrogen-bond acceptors (Lipinski definition) is 3. The van der Waals surface area contributed by atoms with E-state index in [9.17, 15) is 8.78 Å². The largest absolute Gasteiger partial charge is 0.312 e. The monoisotopic (exact) mass is 296 g/mol. The van der Waals surface area contributed by atoms with Gasteiger partial charge in [-0.25, -0.2) is 13.8 Å². The number of aryl methyl sites for hydroxylation is 1. The van der Waals surface area contributed by atoms with Gasteiger partial charge in [0.05, 0.1) is 10.7 Å². The third kappa shape index (κ3) is 4.08. The van der Waals surface area contributed by atoms with Gasteiger partial charge in [-0.05, 0) is 37.6 Å². The minimum Gasteiger partial charge on any atom is -0.312 e. The van der Waals surface area contributed by atoms with E-state index in [1.165, 1.54) is 17.0 Å². The molecule has 1 aromatic heterocycles. The van der Waals surface area contributed by atoms with Crippen LogP contribution in [0.15, 0.2) is 18.2 Å². The smallest absolute Gasteiger partial charge is 0.126 e. The molecule has 0 amide bonds. The second kappa shape index (κ2) is 6.90. The highest BCUT2D eigenvalue weighted by Crippen LogP contribution is 2.21. The van der Waals surface area contributed by atoms with E-state index in [-0.39, 0.29) is 0 Å². The molecule has 0 spiro atoms. The molecule has 0 bridgehead atoms. The van der Waals surface area contributed by atoms with E-state index in [1.807, 2.05) is 6.92 Å². The summed E-state index contributed by atoms with van der Waals surface area (Å²) in [6.07, 6.45) is 1.56. The first-order chi connectivity index (χ1) is 9.58. The van der Waals surface area contributed by atoms with Gasteiger partial charge in [0, 0.05) is 23.9 Å². The van der Waals surface area contributed by atoms with E-state index in [0.717, 1.165) is 36.3 Å². The summed E-state index contributed by atoms with van der Waals surface area (Å²) in [5, 5.41) is 4.23. The van der Waals surface area contributed by atoms with Gasteiger partial charge >= 0.3 is 0 Å². The zero-order chi connectivity index (χ0) is 14.5. The Kier molecular flexibility index (Phi) is 5.20. The summed E-state index contributed by atoms with van der Waals surface area (Å²) in [5.74, 6) is -1.09. The molecule has 5 heteroatoms. The summed E-state index contributed by atoms with van der Waals surface area (Å²) in [4.78, 5) is 5.66. The fourth-order valence-corrected chi connectivity index (χ4v) is 3.07. The van der Waals surface area contributed by atoms with Crippen LogP contribution in [-0.4, -0.2) is 11.5 Å². The minimum atomic E-state index is -0.543. The van der Waals surface area contributed by atoms with Gasteiger partial charge in [-0.15, -0.1) is 11.3 Å². The van der Waals surface area contributed by atoms with E-state index in [1.54, 1.807) is 11.3 Å². The topological polar surface area (TPSA) is 24.9 Å². The van der Waals surface area contributed by atoms with Crippen LogP contribution in [-0.2, 0) is 13.0 Å². The first-order valence-corrected chi connectivity index (χ1v) is 7.51. The first-order valence-electron chi connectivity index (χ1n) is 6.69. The molecule has 0 radical (unpaired) electrons. The fourth-order valence-electron chi connectivity index (χ4n) is 1.99. The van der Waals surface area contributed by atoms with Crippen LogP contribution in [0, 0.1) is 18.6 Å². The Morgan fingerprint density at radius 3 is 2.55 bits per heavy atom. The molecular weight excluding hydrogens is 278 g/mol. The number of nitrogens with zero attached hydrogens (tertiary/aromatic N) is 1. The maximum atomic E-state index is 13.2. The van der Waals surface area contributed by atoms with Crippen LogP contribution in [0.4, 0.5) is 8.78 Å². The molecule has 1 N–H and O–H groups in total. The lowest BCUT2D eigenvalue weighted by molar-refractivity contribution is 0.580. The van der Waals surface area contributed by atoms with Crippen molar-refractivity contribution in [1.82, 2.24) is 10.3 Å². The highest BCUT2D eigenvalue weighted by molar-refractivity contribution is 7.11. The third-order valence-electron chi connectivity index (χ3n) is 2.93. The molecule has 1 heterocycles. The van der Waals surface area contributed by atoms with Crippen molar-refractivity contribution in [2.24, 2.45) is 0 Å². The highest BCUT2D eigenvalue weighted by atomic mass is 32.1. The molecule has 108 valence electrons. The van der Waals surface area contributed by atoms with Crippen molar-refractivity contribution in [3.8, 4) is 0 Å². The predicted molar refractivity (Wildman–Crippen MR) is 78.0 cm³/mol. The second-order valence-corrected chi connectivity index (χ2v) is 5.92. The van der Waals surface area contributed by atoms with E-state index in [4.69, 9.17) is 0 Å². The van der Waals surface area contributed by atoms with Crippen LogP contribution in [0.5, 0.6) is 0 Å². The number of rotatable bonds is 6. The maximum Gasteiger partial charge on any atom is 0.126 e. The Balaban J connectivity index is 2.07. The van der Waals surface area contributed by atoms with Crippen molar-refractivity contribution in [3.63, 3.8) is 0 Å². The first kappa shape index (κ1) is 15.1. The van der Waals surface area contributed by atoms with Crippen LogP contribution in [0.1, 0.15) is 34.5 Å². The Morgan fingerprint density at radius 1 is 1.20 bits per heavy atom. The normalized spacial score (nSPS) is 11.0. The minimum absolute atomic E-state index is 0.466. The predicted octanol–water partition coefficient (Wildman–Crippen LogP) is 3.82. The zero-order valence-corrected chi connectivity index (χ0v) is 12.5. The number of halogens is 2. The lowest BCUT2D eigenvalue weighted by Crippen LogP contribution is -2.13. The van der Waals surface area contributed by atoms with Gasteiger partial charge in [-0.3, -0.25) is 0 Å². The third-order valence-corrected chi connectivity index (χ3v) is 4.08. The van der Waals surface area contributed by atoms with Gasteiger partial charge in [-0.2, -0.15) is 0 Å². The molecule has 0 saturated carbocycles. The SMILES string of the molecule is CCCNCc1sc(Cc2cc(F)cc(F)c2)nc1C. The molecule has 2 aromatic rings. The van der Waals surface area contributed by atoms with Gasteiger partial charge in [0.15, 0.2) is 0 Å². The summed E-state index contributed by atoms with van der Waals surface area (Å²) in [5.41, 5.74) is 1.61. The Labute approximate surface area is 121 Å². The van der Waals surface area contributed by atoms with Crippen molar-refractivity contribution in [1.29, 1.82) is 0 Å². The highest BCUT2D eigenvalue weighted by Gasteiger charge is 2.09. The van der Waals surface area contributed by atoms with E-state index in [0.29, 0.717) is 12.0 Å². The lowest BCUT2D eigenvalue weighted by atomic mass is 10.1. The van der Waals surface area contributed by atoms with Gasteiger partial charge in [-0.1, -0.05) is 6.92 Å². The standard InChI is InChI=1S/C15H18F2N2S/c1-3-4-18-9-14-10(2)19-15(20-14)7-11-5-12(16)8-13(17)6-11/h5-6,8,18H,3-4,7,9H2,1-2H3. The Hall–Kier alpha value is -1.33. The number of aromatic nitrogens is 1. The molecule has 2 nitrogen and oxygen atoms in total. The van der Waals surface area contributed by atoms with Crippen LogP contribution >= 0.6 is 11.3 Å². The number of benzene rings is 1. The summed E-state index contributed by atoms with van der Waals surface area (Å²) >= 11 is 1.60. The Morgan fingerprint density at radius 2 is 1.90 bits per heavy atom. The van der Waals surface area contributed by atoms with Crippen LogP contribution in [0.25, 0.3) is 0 Å². The number of thiazole rings is 1. The van der Waals surface area contributed by atoms with E-state index >= 15 is 0 Å². The van der Waals surface area contributed by atoms with Gasteiger partial charge in [0.25, 0.3) is 0 Å². The van der Waals surface area contributed by atoms with E-state index in [2.05, 4.69) is 17.2 Å². The average Bonchev–Trinajstić information content (AvgIpc) is 2.68. The van der Waals surface area contributed by atoms with Gasteiger partial charge < -0.3 is 5.32 Å². The fraction of sp³-hybridized carbons (Fsp3) is 0.400. The van der Waals surface area contributed by atoms with Crippen molar-refractivity contribution in [2.45, 2.75) is 33.2 Å². The van der Waals surface area contributed by atoms with Crippen LogP contribution < -0.4 is 5.32 Å². The maximum absolute atomic E-state index is 13.2. The van der Waals surface area contributed by atoms with E-state index < -0.39 is 11.6 Å². The summed E-state index contributed by atoms with van der Waals surface area (Å²) < 4.78 is 26.3. The Bertz CT molecular complexity index is 561.